The van der Waals surface area contributed by atoms with E-state index in [0.717, 1.165) is 12.2 Å². The molecule has 0 fully saturated rings. The number of carboxylic acid groups (broad SMARTS) is 1. The van der Waals surface area contributed by atoms with Gasteiger partial charge >= 0.3 is 5.97 Å². The smallest absolute Gasteiger partial charge is 0.328 e. The molecule has 2 rings (SSSR count). The first-order valence-electron chi connectivity index (χ1n) is 6.48. The molecule has 1 amide bonds. The predicted octanol–water partition coefficient (Wildman–Crippen LogP) is 2.50. The first-order chi connectivity index (χ1) is 10.6. The fraction of sp³-hybridized carbons (Fsp3) is 0. The zero-order valence-electron chi connectivity index (χ0n) is 11.5. The largest absolute Gasteiger partial charge is 0.478 e. The molecule has 22 heavy (non-hydrogen) atoms. The van der Waals surface area contributed by atoms with Crippen LogP contribution in [-0.4, -0.2) is 22.8 Å². The third-order valence-corrected chi connectivity index (χ3v) is 2.83. The average Bonchev–Trinajstić information content (AvgIpc) is 2.54. The number of carboxylic acids is 1. The van der Waals surface area contributed by atoms with Gasteiger partial charge in [0.25, 0.3) is 0 Å². The lowest BCUT2D eigenvalue weighted by atomic mass is 10.0. The van der Waals surface area contributed by atoms with Crippen LogP contribution in [-0.2, 0) is 9.59 Å². The molecule has 5 heteroatoms. The minimum absolute atomic E-state index is 0.107. The van der Waals surface area contributed by atoms with Gasteiger partial charge in [-0.2, -0.15) is 0 Å². The predicted molar refractivity (Wildman–Crippen MR) is 81.7 cm³/mol. The number of nitrogens with one attached hydrogen (secondary N) is 1. The topological polar surface area (TPSA) is 83.5 Å². The summed E-state index contributed by atoms with van der Waals surface area (Å²) in [6, 6.07) is 15.2. The molecular formula is C17H13NO4. The van der Waals surface area contributed by atoms with E-state index in [1.807, 2.05) is 6.07 Å². The third-order valence-electron chi connectivity index (χ3n) is 2.83. The number of benzene rings is 2. The molecule has 110 valence electrons. The lowest BCUT2D eigenvalue weighted by Crippen LogP contribution is -2.09. The summed E-state index contributed by atoms with van der Waals surface area (Å²) in [5.41, 5.74) is 1.57. The minimum atomic E-state index is -1.20. The molecule has 2 aromatic carbocycles. The van der Waals surface area contributed by atoms with Gasteiger partial charge in [0.2, 0.25) is 5.91 Å². The molecule has 5 nitrogen and oxygen atoms in total. The number of aliphatic carboxylic acids is 1. The van der Waals surface area contributed by atoms with Crippen molar-refractivity contribution in [1.82, 2.24) is 0 Å². The molecule has 2 N–H and O–H groups in total. The Morgan fingerprint density at radius 2 is 1.41 bits per heavy atom. The fourth-order valence-electron chi connectivity index (χ4n) is 1.79. The molecule has 0 unspecified atom stereocenters. The van der Waals surface area contributed by atoms with Crippen molar-refractivity contribution in [2.75, 3.05) is 5.32 Å². The van der Waals surface area contributed by atoms with Crippen LogP contribution in [0.5, 0.6) is 0 Å². The third kappa shape index (κ3) is 4.14. The minimum Gasteiger partial charge on any atom is -0.478 e. The number of amides is 1. The van der Waals surface area contributed by atoms with Crippen LogP contribution in [0.4, 0.5) is 5.69 Å². The molecule has 0 heterocycles. The molecule has 0 aromatic heterocycles. The van der Waals surface area contributed by atoms with Crippen molar-refractivity contribution in [3.8, 4) is 0 Å². The number of anilines is 1. The SMILES string of the molecule is O=C(O)C=CC(=O)Nc1ccc(C(=O)c2ccccc2)cc1. The van der Waals surface area contributed by atoms with Gasteiger partial charge in [0, 0.05) is 29.0 Å². The summed E-state index contributed by atoms with van der Waals surface area (Å²) in [5, 5.41) is 10.9. The highest BCUT2D eigenvalue weighted by molar-refractivity contribution is 6.09. The lowest BCUT2D eigenvalue weighted by Gasteiger charge is -2.04. The highest BCUT2D eigenvalue weighted by atomic mass is 16.4. The van der Waals surface area contributed by atoms with E-state index in [0.29, 0.717) is 16.8 Å². The number of carbonyl (C=O) groups is 3. The molecule has 0 aliphatic heterocycles. The van der Waals surface area contributed by atoms with Gasteiger partial charge in [0.15, 0.2) is 5.78 Å². The standard InChI is InChI=1S/C17H13NO4/c19-15(10-11-16(20)21)18-14-8-6-13(7-9-14)17(22)12-4-2-1-3-5-12/h1-11H,(H,18,19)(H,20,21). The van der Waals surface area contributed by atoms with Crippen molar-refractivity contribution in [2.45, 2.75) is 0 Å². The number of hydrogen-bond acceptors (Lipinski definition) is 3. The van der Waals surface area contributed by atoms with Gasteiger partial charge < -0.3 is 10.4 Å². The molecule has 0 saturated carbocycles. The Balaban J connectivity index is 2.06. The Morgan fingerprint density at radius 1 is 0.818 bits per heavy atom. The van der Waals surface area contributed by atoms with Gasteiger partial charge in [-0.1, -0.05) is 30.3 Å². The molecule has 0 spiro atoms. The van der Waals surface area contributed by atoms with Crippen molar-refractivity contribution in [1.29, 1.82) is 0 Å². The second-order valence-corrected chi connectivity index (χ2v) is 4.43. The molecular weight excluding hydrogens is 282 g/mol. The number of carbonyl (C=O) groups excluding carboxylic acids is 2. The Morgan fingerprint density at radius 3 is 2.00 bits per heavy atom. The van der Waals surface area contributed by atoms with E-state index in [-0.39, 0.29) is 5.78 Å². The Bertz CT molecular complexity index is 718. The zero-order valence-corrected chi connectivity index (χ0v) is 11.5. The van der Waals surface area contributed by atoms with Crippen molar-refractivity contribution in [3.63, 3.8) is 0 Å². The van der Waals surface area contributed by atoms with Gasteiger partial charge in [-0.25, -0.2) is 4.79 Å². The maximum Gasteiger partial charge on any atom is 0.328 e. The summed E-state index contributed by atoms with van der Waals surface area (Å²) in [4.78, 5) is 33.9. The number of hydrogen-bond donors (Lipinski definition) is 2. The van der Waals surface area contributed by atoms with Gasteiger partial charge in [-0.3, -0.25) is 9.59 Å². The average molecular weight is 295 g/mol. The fourth-order valence-corrected chi connectivity index (χ4v) is 1.79. The van der Waals surface area contributed by atoms with Crippen molar-refractivity contribution >= 4 is 23.3 Å². The van der Waals surface area contributed by atoms with Gasteiger partial charge in [-0.15, -0.1) is 0 Å². The molecule has 0 aliphatic carbocycles. The van der Waals surface area contributed by atoms with Gasteiger partial charge in [0.05, 0.1) is 0 Å². The van der Waals surface area contributed by atoms with E-state index >= 15 is 0 Å². The van der Waals surface area contributed by atoms with Crippen LogP contribution in [0, 0.1) is 0 Å². The second-order valence-electron chi connectivity index (χ2n) is 4.43. The van der Waals surface area contributed by atoms with Crippen LogP contribution in [0.1, 0.15) is 15.9 Å². The normalized spacial score (nSPS) is 10.4. The van der Waals surface area contributed by atoms with E-state index in [4.69, 9.17) is 5.11 Å². The highest BCUT2D eigenvalue weighted by Gasteiger charge is 2.08. The van der Waals surface area contributed by atoms with Gasteiger partial charge in [0.1, 0.15) is 0 Å². The zero-order chi connectivity index (χ0) is 15.9. The first kappa shape index (κ1) is 15.2. The lowest BCUT2D eigenvalue weighted by molar-refractivity contribution is -0.131. The summed E-state index contributed by atoms with van der Waals surface area (Å²) < 4.78 is 0. The Kier molecular flexibility index (Phi) is 4.82. The molecule has 0 aliphatic rings. The summed E-state index contributed by atoms with van der Waals surface area (Å²) in [6.07, 6.45) is 1.67. The van der Waals surface area contributed by atoms with Crippen LogP contribution in [0.3, 0.4) is 0 Å². The highest BCUT2D eigenvalue weighted by Crippen LogP contribution is 2.13. The maximum atomic E-state index is 12.2. The van der Waals surface area contributed by atoms with E-state index in [2.05, 4.69) is 5.32 Å². The van der Waals surface area contributed by atoms with E-state index in [9.17, 15) is 14.4 Å². The maximum absolute atomic E-state index is 12.2. The van der Waals surface area contributed by atoms with Crippen LogP contribution in [0.15, 0.2) is 66.7 Å². The van der Waals surface area contributed by atoms with E-state index < -0.39 is 11.9 Å². The van der Waals surface area contributed by atoms with Crippen molar-refractivity contribution in [2.24, 2.45) is 0 Å². The van der Waals surface area contributed by atoms with Crippen molar-refractivity contribution < 1.29 is 19.5 Å². The van der Waals surface area contributed by atoms with Crippen LogP contribution >= 0.6 is 0 Å². The Hall–Kier alpha value is -3.21. The van der Waals surface area contributed by atoms with Crippen LogP contribution in [0.25, 0.3) is 0 Å². The van der Waals surface area contributed by atoms with Crippen molar-refractivity contribution in [3.05, 3.63) is 77.9 Å². The van der Waals surface area contributed by atoms with E-state index in [1.54, 1.807) is 48.5 Å². The first-order valence-corrected chi connectivity index (χ1v) is 6.48. The van der Waals surface area contributed by atoms with Crippen LogP contribution in [0.2, 0.25) is 0 Å². The molecule has 0 bridgehead atoms. The molecule has 0 radical (unpaired) electrons. The summed E-state index contributed by atoms with van der Waals surface area (Å²) >= 11 is 0. The Labute approximate surface area is 126 Å². The monoisotopic (exact) mass is 295 g/mol. The summed E-state index contributed by atoms with van der Waals surface area (Å²) in [7, 11) is 0. The quantitative estimate of drug-likeness (QED) is 0.655. The summed E-state index contributed by atoms with van der Waals surface area (Å²) in [5.74, 6) is -1.85. The van der Waals surface area contributed by atoms with E-state index in [1.165, 1.54) is 0 Å². The van der Waals surface area contributed by atoms with Crippen LogP contribution < -0.4 is 5.32 Å². The second kappa shape index (κ2) is 6.99. The number of ketones is 1. The summed E-state index contributed by atoms with van der Waals surface area (Å²) in [6.45, 7) is 0. The van der Waals surface area contributed by atoms with Gasteiger partial charge in [-0.05, 0) is 24.3 Å². The molecule has 2 aromatic rings. The molecule has 0 atom stereocenters. The number of rotatable bonds is 5. The molecule has 0 saturated heterocycles.